The minimum absolute atomic E-state index is 0.00598. The highest BCUT2D eigenvalue weighted by Gasteiger charge is 2.53. The van der Waals surface area contributed by atoms with Gasteiger partial charge in [-0.2, -0.15) is 0 Å². The van der Waals surface area contributed by atoms with Crippen molar-refractivity contribution in [1.29, 1.82) is 0 Å². The highest BCUT2D eigenvalue weighted by atomic mass is 16.5. The Kier molecular flexibility index (Phi) is 3.36. The van der Waals surface area contributed by atoms with Gasteiger partial charge in [-0.3, -0.25) is 9.59 Å². The molecule has 0 aromatic rings. The molecule has 5 heteroatoms. The van der Waals surface area contributed by atoms with Gasteiger partial charge in [0.25, 0.3) is 5.91 Å². The van der Waals surface area contributed by atoms with Gasteiger partial charge in [0.2, 0.25) is 5.91 Å². The number of hydrogen-bond donors (Lipinski definition) is 1. The Morgan fingerprint density at radius 1 is 1.44 bits per heavy atom. The van der Waals surface area contributed by atoms with Crippen molar-refractivity contribution in [1.82, 2.24) is 4.90 Å². The van der Waals surface area contributed by atoms with E-state index in [2.05, 4.69) is 0 Å². The van der Waals surface area contributed by atoms with Crippen molar-refractivity contribution in [2.75, 3.05) is 13.7 Å². The van der Waals surface area contributed by atoms with E-state index in [0.717, 1.165) is 19.3 Å². The number of nitrogens with zero attached hydrogens (tertiary/aromatic N) is 1. The summed E-state index contributed by atoms with van der Waals surface area (Å²) in [5.41, 5.74) is 4.72. The van der Waals surface area contributed by atoms with E-state index in [0.29, 0.717) is 12.5 Å². The van der Waals surface area contributed by atoms with Gasteiger partial charge in [-0.1, -0.05) is 13.8 Å². The smallest absolute Gasteiger partial charge is 0.255 e. The fourth-order valence-corrected chi connectivity index (χ4v) is 3.33. The molecule has 102 valence electrons. The molecular weight excluding hydrogens is 232 g/mol. The number of hydrogen-bond acceptors (Lipinski definition) is 3. The molecule has 2 aliphatic rings. The van der Waals surface area contributed by atoms with Crippen LogP contribution < -0.4 is 5.73 Å². The number of primary amides is 1. The van der Waals surface area contributed by atoms with Gasteiger partial charge in [0, 0.05) is 7.05 Å². The minimum atomic E-state index is -0.679. The Hall–Kier alpha value is -1.10. The van der Waals surface area contributed by atoms with Gasteiger partial charge in [-0.25, -0.2) is 0 Å². The van der Waals surface area contributed by atoms with Gasteiger partial charge in [0.1, 0.15) is 11.6 Å². The third kappa shape index (κ3) is 2.00. The van der Waals surface area contributed by atoms with Crippen molar-refractivity contribution in [2.45, 2.75) is 44.8 Å². The summed E-state index contributed by atoms with van der Waals surface area (Å²) in [5.74, 6) is -0.0234. The molecule has 2 fully saturated rings. The van der Waals surface area contributed by atoms with E-state index in [-0.39, 0.29) is 11.8 Å². The van der Waals surface area contributed by atoms with Crippen LogP contribution in [0.5, 0.6) is 0 Å². The van der Waals surface area contributed by atoms with Gasteiger partial charge in [0.05, 0.1) is 6.61 Å². The summed E-state index contributed by atoms with van der Waals surface area (Å²) >= 11 is 0. The lowest BCUT2D eigenvalue weighted by atomic mass is 9.96. The maximum atomic E-state index is 12.6. The van der Waals surface area contributed by atoms with Crippen LogP contribution in [-0.4, -0.2) is 42.0 Å². The van der Waals surface area contributed by atoms with Crippen molar-refractivity contribution in [3.63, 3.8) is 0 Å². The highest BCUT2D eigenvalue weighted by molar-refractivity contribution is 5.91. The molecule has 2 bridgehead atoms. The fourth-order valence-electron chi connectivity index (χ4n) is 3.33. The standard InChI is InChI=1S/C13H22N2O3/c1-8(2)10(11(14)16)15(3)12(17)13-5-4-9(6-13)7-18-13/h8-10H,4-7H2,1-3H3,(H2,14,16)/t9?,10-,13?/m0/s1. The summed E-state index contributed by atoms with van der Waals surface area (Å²) in [6, 6.07) is -0.560. The number of rotatable bonds is 4. The molecule has 2 unspecified atom stereocenters. The van der Waals surface area contributed by atoms with E-state index in [9.17, 15) is 9.59 Å². The summed E-state index contributed by atoms with van der Waals surface area (Å²) in [5, 5.41) is 0. The molecule has 0 aromatic carbocycles. The Morgan fingerprint density at radius 2 is 2.11 bits per heavy atom. The van der Waals surface area contributed by atoms with Gasteiger partial charge in [-0.15, -0.1) is 0 Å². The van der Waals surface area contributed by atoms with Crippen molar-refractivity contribution >= 4 is 11.8 Å². The fraction of sp³-hybridized carbons (Fsp3) is 0.846. The van der Waals surface area contributed by atoms with Gasteiger partial charge >= 0.3 is 0 Å². The molecule has 18 heavy (non-hydrogen) atoms. The summed E-state index contributed by atoms with van der Waals surface area (Å²) in [7, 11) is 1.65. The largest absolute Gasteiger partial charge is 0.368 e. The van der Waals surface area contributed by atoms with E-state index in [4.69, 9.17) is 10.5 Å². The molecule has 1 saturated carbocycles. The topological polar surface area (TPSA) is 72.6 Å². The molecular formula is C13H22N2O3. The maximum absolute atomic E-state index is 12.6. The summed E-state index contributed by atoms with van der Waals surface area (Å²) in [6.45, 7) is 4.45. The van der Waals surface area contributed by atoms with Crippen LogP contribution in [0, 0.1) is 11.8 Å². The third-order valence-corrected chi connectivity index (χ3v) is 4.22. The Balaban J connectivity index is 2.15. The average Bonchev–Trinajstić information content (AvgIpc) is 2.87. The zero-order valence-corrected chi connectivity index (χ0v) is 11.3. The number of likely N-dealkylation sites (N-methyl/N-ethyl adjacent to an activating group) is 1. The van der Waals surface area contributed by atoms with E-state index < -0.39 is 17.6 Å². The lowest BCUT2D eigenvalue weighted by Crippen LogP contribution is -2.55. The molecule has 0 spiro atoms. The maximum Gasteiger partial charge on any atom is 0.255 e. The Bertz CT molecular complexity index is 359. The van der Waals surface area contributed by atoms with Crippen molar-refractivity contribution in [2.24, 2.45) is 17.6 Å². The number of ether oxygens (including phenoxy) is 1. The summed E-state index contributed by atoms with van der Waals surface area (Å²) in [6.07, 6.45) is 2.60. The molecule has 2 rings (SSSR count). The Labute approximate surface area is 108 Å². The van der Waals surface area contributed by atoms with Crippen LogP contribution in [0.1, 0.15) is 33.1 Å². The predicted molar refractivity (Wildman–Crippen MR) is 66.6 cm³/mol. The zero-order chi connectivity index (χ0) is 13.5. The minimum Gasteiger partial charge on any atom is -0.368 e. The van der Waals surface area contributed by atoms with Crippen molar-refractivity contribution in [3.8, 4) is 0 Å². The van der Waals surface area contributed by atoms with Crippen LogP contribution in [0.15, 0.2) is 0 Å². The van der Waals surface area contributed by atoms with Crippen molar-refractivity contribution < 1.29 is 14.3 Å². The molecule has 0 aromatic heterocycles. The second-order valence-corrected chi connectivity index (χ2v) is 5.92. The number of amides is 2. The molecule has 0 radical (unpaired) electrons. The molecule has 1 heterocycles. The zero-order valence-electron chi connectivity index (χ0n) is 11.3. The predicted octanol–water partition coefficient (Wildman–Crippen LogP) is 0.524. The first-order chi connectivity index (χ1) is 8.37. The number of fused-ring (bicyclic) bond motifs is 2. The van der Waals surface area contributed by atoms with Crippen LogP contribution >= 0.6 is 0 Å². The van der Waals surface area contributed by atoms with Crippen LogP contribution in [0.3, 0.4) is 0 Å². The first-order valence-corrected chi connectivity index (χ1v) is 6.58. The summed E-state index contributed by atoms with van der Waals surface area (Å²) < 4.78 is 5.69. The van der Waals surface area contributed by atoms with E-state index in [1.807, 2.05) is 13.8 Å². The molecule has 2 amide bonds. The first kappa shape index (κ1) is 13.3. The van der Waals surface area contributed by atoms with Crippen LogP contribution in [0.2, 0.25) is 0 Å². The van der Waals surface area contributed by atoms with Crippen LogP contribution in [-0.2, 0) is 14.3 Å². The van der Waals surface area contributed by atoms with Crippen LogP contribution in [0.25, 0.3) is 0 Å². The average molecular weight is 254 g/mol. The normalized spacial score (nSPS) is 31.7. The number of nitrogens with two attached hydrogens (primary N) is 1. The molecule has 2 N–H and O–H groups in total. The van der Waals surface area contributed by atoms with Crippen molar-refractivity contribution in [3.05, 3.63) is 0 Å². The first-order valence-electron chi connectivity index (χ1n) is 6.58. The lowest BCUT2D eigenvalue weighted by Gasteiger charge is -2.35. The monoisotopic (exact) mass is 254 g/mol. The van der Waals surface area contributed by atoms with Gasteiger partial charge in [0.15, 0.2) is 0 Å². The van der Waals surface area contributed by atoms with Gasteiger partial charge < -0.3 is 15.4 Å². The quantitative estimate of drug-likeness (QED) is 0.795. The van der Waals surface area contributed by atoms with E-state index >= 15 is 0 Å². The number of carbonyl (C=O) groups is 2. The van der Waals surface area contributed by atoms with Crippen LogP contribution in [0.4, 0.5) is 0 Å². The Morgan fingerprint density at radius 3 is 2.44 bits per heavy atom. The molecule has 5 nitrogen and oxygen atoms in total. The molecule has 1 aliphatic heterocycles. The molecule has 1 aliphatic carbocycles. The summed E-state index contributed by atoms with van der Waals surface area (Å²) in [4.78, 5) is 25.5. The SMILES string of the molecule is CC(C)[C@@H](C(N)=O)N(C)C(=O)C12CCC(CO1)C2. The van der Waals surface area contributed by atoms with E-state index in [1.54, 1.807) is 7.05 Å². The number of carbonyl (C=O) groups excluding carboxylic acids is 2. The highest BCUT2D eigenvalue weighted by Crippen LogP contribution is 2.45. The molecule has 1 saturated heterocycles. The second-order valence-electron chi connectivity index (χ2n) is 5.92. The lowest BCUT2D eigenvalue weighted by molar-refractivity contribution is -0.158. The molecule has 3 atom stereocenters. The van der Waals surface area contributed by atoms with E-state index in [1.165, 1.54) is 4.90 Å². The third-order valence-electron chi connectivity index (χ3n) is 4.22. The second kappa shape index (κ2) is 4.53. The van der Waals surface area contributed by atoms with Gasteiger partial charge in [-0.05, 0) is 31.1 Å².